The van der Waals surface area contributed by atoms with Crippen LogP contribution in [0.3, 0.4) is 0 Å². The molecule has 0 aromatic rings. The fourth-order valence-corrected chi connectivity index (χ4v) is 4.76. The minimum absolute atomic E-state index is 0.0611. The summed E-state index contributed by atoms with van der Waals surface area (Å²) in [5, 5.41) is 1.88. The van der Waals surface area contributed by atoms with Gasteiger partial charge in [-0.2, -0.15) is 4.31 Å². The molecule has 2 atom stereocenters. The molecule has 1 saturated heterocycles. The summed E-state index contributed by atoms with van der Waals surface area (Å²) in [4.78, 5) is 12.2. The van der Waals surface area contributed by atoms with Crippen LogP contribution in [0, 0.1) is 0 Å². The molecule has 2 rings (SSSR count). The van der Waals surface area contributed by atoms with Crippen LogP contribution < -0.4 is 11.1 Å². The van der Waals surface area contributed by atoms with Crippen molar-refractivity contribution in [1.29, 1.82) is 0 Å². The third-order valence-electron chi connectivity index (χ3n) is 3.68. The first-order chi connectivity index (χ1) is 9.87. The second-order valence-corrected chi connectivity index (χ2v) is 7.87. The second-order valence-electron chi connectivity index (χ2n) is 5.33. The number of carbonyl (C=O) groups excluding carboxylic acids is 1. The van der Waals surface area contributed by atoms with Gasteiger partial charge in [0, 0.05) is 12.6 Å². The molecule has 0 aromatic heterocycles. The lowest BCUT2D eigenvalue weighted by atomic mass is 10.2. The van der Waals surface area contributed by atoms with Crippen molar-refractivity contribution in [3.05, 3.63) is 0 Å². The van der Waals surface area contributed by atoms with Crippen LogP contribution in [0.2, 0.25) is 0 Å². The van der Waals surface area contributed by atoms with Crippen LogP contribution in [0.15, 0.2) is 0 Å². The van der Waals surface area contributed by atoms with Gasteiger partial charge >= 0.3 is 0 Å². The second kappa shape index (κ2) is 6.55. The zero-order chi connectivity index (χ0) is 15.6. The number of carbonyl (C=O) groups is 1. The average molecular weight is 335 g/mol. The van der Waals surface area contributed by atoms with Gasteiger partial charge in [-0.1, -0.05) is 19.1 Å². The van der Waals surface area contributed by atoms with Crippen molar-refractivity contribution in [3.63, 3.8) is 0 Å². The number of hydrogen-bond donors (Lipinski definition) is 2. The van der Waals surface area contributed by atoms with E-state index in [0.29, 0.717) is 0 Å². The lowest BCUT2D eigenvalue weighted by Crippen LogP contribution is -2.59. The summed E-state index contributed by atoms with van der Waals surface area (Å²) in [5.74, 6) is -0.307. The van der Waals surface area contributed by atoms with E-state index in [2.05, 4.69) is 5.32 Å². The molecule has 0 radical (unpaired) electrons. The highest BCUT2D eigenvalue weighted by Gasteiger charge is 2.42. The Bertz CT molecular complexity index is 519. The Labute approximate surface area is 130 Å². The predicted octanol–water partition coefficient (Wildman–Crippen LogP) is -0.640. The molecule has 0 bridgehead atoms. The van der Waals surface area contributed by atoms with Gasteiger partial charge in [0.25, 0.3) is 0 Å². The molecule has 2 unspecified atom stereocenters. The van der Waals surface area contributed by atoms with Crippen LogP contribution in [0.25, 0.3) is 0 Å². The molecule has 7 nitrogen and oxygen atoms in total. The summed E-state index contributed by atoms with van der Waals surface area (Å²) in [6, 6.07) is -0.672. The number of thiocarbonyl (C=S) groups is 1. The maximum absolute atomic E-state index is 12.7. The Morgan fingerprint density at radius 3 is 2.71 bits per heavy atom. The highest BCUT2D eigenvalue weighted by atomic mass is 32.2. The fraction of sp³-hybridized carbons (Fsp3) is 0.833. The molecule has 1 aliphatic heterocycles. The number of amides is 1. The van der Waals surface area contributed by atoms with Crippen LogP contribution in [0.1, 0.15) is 26.2 Å². The highest BCUT2D eigenvalue weighted by Crippen LogP contribution is 2.22. The van der Waals surface area contributed by atoms with Crippen molar-refractivity contribution < 1.29 is 17.9 Å². The largest absolute Gasteiger partial charge is 0.392 e. The maximum atomic E-state index is 12.7. The van der Waals surface area contributed by atoms with Crippen LogP contribution in [0.4, 0.5) is 0 Å². The van der Waals surface area contributed by atoms with E-state index < -0.39 is 21.3 Å². The first-order valence-corrected chi connectivity index (χ1v) is 8.97. The van der Waals surface area contributed by atoms with Crippen molar-refractivity contribution in [1.82, 2.24) is 9.62 Å². The number of nitrogens with two attached hydrogens (primary N) is 1. The summed E-state index contributed by atoms with van der Waals surface area (Å²) in [6.45, 7) is 2.18. The topological polar surface area (TPSA) is 102 Å². The molecular formula is C12H21N3O4S2. The third-order valence-corrected chi connectivity index (χ3v) is 6.51. The van der Waals surface area contributed by atoms with Crippen molar-refractivity contribution in [2.75, 3.05) is 19.8 Å². The zero-order valence-electron chi connectivity index (χ0n) is 11.9. The van der Waals surface area contributed by atoms with Crippen molar-refractivity contribution in [3.8, 4) is 0 Å². The molecule has 1 amide bonds. The first kappa shape index (κ1) is 16.6. The number of ether oxygens (including phenoxy) is 1. The SMILES string of the molecule is CCC(C(N)=S)S(=O)(=O)N1CCOCC1C(=O)NC1CC1. The van der Waals surface area contributed by atoms with Gasteiger partial charge in [-0.25, -0.2) is 8.42 Å². The van der Waals surface area contributed by atoms with E-state index >= 15 is 0 Å². The molecule has 3 N–H and O–H groups in total. The zero-order valence-corrected chi connectivity index (χ0v) is 13.6. The van der Waals surface area contributed by atoms with E-state index in [1.807, 2.05) is 0 Å². The Morgan fingerprint density at radius 2 is 2.19 bits per heavy atom. The van der Waals surface area contributed by atoms with Crippen LogP contribution >= 0.6 is 12.2 Å². The first-order valence-electron chi connectivity index (χ1n) is 7.06. The molecule has 120 valence electrons. The number of nitrogens with one attached hydrogen (secondary N) is 1. The monoisotopic (exact) mass is 335 g/mol. The summed E-state index contributed by atoms with van der Waals surface area (Å²) in [7, 11) is -3.76. The van der Waals surface area contributed by atoms with Crippen molar-refractivity contribution >= 4 is 33.1 Å². The van der Waals surface area contributed by atoms with Gasteiger partial charge in [0.15, 0.2) is 0 Å². The lowest BCUT2D eigenvalue weighted by molar-refractivity contribution is -0.129. The number of sulfonamides is 1. The van der Waals surface area contributed by atoms with Gasteiger partial charge in [0.05, 0.1) is 18.2 Å². The highest BCUT2D eigenvalue weighted by molar-refractivity contribution is 7.92. The molecule has 0 spiro atoms. The minimum atomic E-state index is -3.76. The number of nitrogens with zero attached hydrogens (tertiary/aromatic N) is 1. The van der Waals surface area contributed by atoms with Gasteiger partial charge in [0.2, 0.25) is 15.9 Å². The third kappa shape index (κ3) is 3.71. The summed E-state index contributed by atoms with van der Waals surface area (Å²) in [5.41, 5.74) is 5.55. The number of hydrogen-bond acceptors (Lipinski definition) is 5. The van der Waals surface area contributed by atoms with Gasteiger partial charge in [-0.15, -0.1) is 0 Å². The quantitative estimate of drug-likeness (QED) is 0.626. The summed E-state index contributed by atoms with van der Waals surface area (Å²) in [6.07, 6.45) is 2.17. The van der Waals surface area contributed by atoms with Gasteiger partial charge < -0.3 is 15.8 Å². The number of rotatable bonds is 6. The summed E-state index contributed by atoms with van der Waals surface area (Å²) >= 11 is 4.86. The molecular weight excluding hydrogens is 314 g/mol. The standard InChI is InChI=1S/C12H21N3O4S2/c1-2-10(11(13)20)21(17,18)15-5-6-19-7-9(15)12(16)14-8-3-4-8/h8-10H,2-7H2,1H3,(H2,13,20)(H,14,16). The minimum Gasteiger partial charge on any atom is -0.392 e. The number of morpholine rings is 1. The van der Waals surface area contributed by atoms with Crippen molar-refractivity contribution in [2.24, 2.45) is 5.73 Å². The average Bonchev–Trinajstić information content (AvgIpc) is 3.22. The molecule has 0 aromatic carbocycles. The summed E-state index contributed by atoms with van der Waals surface area (Å²) < 4.78 is 31.9. The van der Waals surface area contributed by atoms with Crippen LogP contribution in [0.5, 0.6) is 0 Å². The Kier molecular flexibility index (Phi) is 5.18. The van der Waals surface area contributed by atoms with Crippen LogP contribution in [-0.4, -0.2) is 60.7 Å². The predicted molar refractivity (Wildman–Crippen MR) is 82.3 cm³/mol. The molecule has 2 aliphatic rings. The molecule has 1 saturated carbocycles. The normalized spacial score (nSPS) is 25.3. The van der Waals surface area contributed by atoms with Crippen LogP contribution in [-0.2, 0) is 19.6 Å². The lowest BCUT2D eigenvalue weighted by Gasteiger charge is -2.35. The van der Waals surface area contributed by atoms with Gasteiger partial charge in [0.1, 0.15) is 11.3 Å². The smallest absolute Gasteiger partial charge is 0.241 e. The molecule has 1 heterocycles. The van der Waals surface area contributed by atoms with E-state index in [9.17, 15) is 13.2 Å². The molecule has 21 heavy (non-hydrogen) atoms. The Balaban J connectivity index is 2.20. The van der Waals surface area contributed by atoms with E-state index in [-0.39, 0.29) is 43.1 Å². The van der Waals surface area contributed by atoms with Gasteiger partial charge in [-0.05, 0) is 19.3 Å². The van der Waals surface area contributed by atoms with E-state index in [1.165, 1.54) is 4.31 Å². The molecule has 1 aliphatic carbocycles. The van der Waals surface area contributed by atoms with Crippen molar-refractivity contribution in [2.45, 2.75) is 43.5 Å². The molecule has 9 heteroatoms. The molecule has 2 fully saturated rings. The Hall–Kier alpha value is -0.770. The van der Waals surface area contributed by atoms with E-state index in [4.69, 9.17) is 22.7 Å². The Morgan fingerprint density at radius 1 is 1.52 bits per heavy atom. The fourth-order valence-electron chi connectivity index (χ4n) is 2.35. The van der Waals surface area contributed by atoms with E-state index in [1.54, 1.807) is 6.92 Å². The van der Waals surface area contributed by atoms with Gasteiger partial charge in [-0.3, -0.25) is 4.79 Å². The maximum Gasteiger partial charge on any atom is 0.241 e. The van der Waals surface area contributed by atoms with E-state index in [0.717, 1.165) is 12.8 Å².